The quantitative estimate of drug-likeness (QED) is 0.581. The minimum atomic E-state index is -0.505. The molecule has 1 aromatic carbocycles. The number of rotatable bonds is 3. The Hall–Kier alpha value is -3.28. The van der Waals surface area contributed by atoms with Crippen LogP contribution in [0.4, 0.5) is 0 Å². The first-order valence-corrected chi connectivity index (χ1v) is 7.55. The van der Waals surface area contributed by atoms with Crippen LogP contribution in [0.3, 0.4) is 0 Å². The summed E-state index contributed by atoms with van der Waals surface area (Å²) in [4.78, 5) is 20.9. The predicted molar refractivity (Wildman–Crippen MR) is 89.6 cm³/mol. The molecule has 0 unspecified atom stereocenters. The second-order valence-electron chi connectivity index (χ2n) is 5.51. The lowest BCUT2D eigenvalue weighted by Crippen LogP contribution is -2.17. The molecule has 0 saturated carbocycles. The van der Waals surface area contributed by atoms with Crippen LogP contribution in [-0.4, -0.2) is 19.7 Å². The molecule has 0 aliphatic rings. The molecule has 0 fully saturated rings. The molecule has 3 heterocycles. The SMILES string of the molecule is Cc1cc(Cn2c(-c3ccccn3)noc2=O)c2ccccc2n1. The molecule has 4 aromatic rings. The van der Waals surface area contributed by atoms with Crippen LogP contribution in [-0.2, 0) is 6.54 Å². The van der Waals surface area contributed by atoms with Crippen LogP contribution in [0.1, 0.15) is 11.3 Å². The molecule has 0 saturated heterocycles. The summed E-state index contributed by atoms with van der Waals surface area (Å²) in [5, 5.41) is 4.88. The summed E-state index contributed by atoms with van der Waals surface area (Å²) >= 11 is 0. The van der Waals surface area contributed by atoms with E-state index in [1.165, 1.54) is 4.57 Å². The highest BCUT2D eigenvalue weighted by Crippen LogP contribution is 2.21. The van der Waals surface area contributed by atoms with Crippen LogP contribution in [0.5, 0.6) is 0 Å². The van der Waals surface area contributed by atoms with Crippen LogP contribution in [0, 0.1) is 6.92 Å². The highest BCUT2D eigenvalue weighted by atomic mass is 16.5. The second kappa shape index (κ2) is 5.73. The molecular formula is C18H14N4O2. The van der Waals surface area contributed by atoms with Crippen LogP contribution in [0.2, 0.25) is 0 Å². The largest absolute Gasteiger partial charge is 0.442 e. The van der Waals surface area contributed by atoms with Crippen LogP contribution >= 0.6 is 0 Å². The van der Waals surface area contributed by atoms with Crippen molar-refractivity contribution in [2.45, 2.75) is 13.5 Å². The number of fused-ring (bicyclic) bond motifs is 1. The minimum Gasteiger partial charge on any atom is -0.295 e. The zero-order chi connectivity index (χ0) is 16.5. The van der Waals surface area contributed by atoms with E-state index in [4.69, 9.17) is 4.52 Å². The minimum absolute atomic E-state index is 0.345. The van der Waals surface area contributed by atoms with Crippen LogP contribution in [0.25, 0.3) is 22.4 Å². The smallest absolute Gasteiger partial charge is 0.295 e. The van der Waals surface area contributed by atoms with Gasteiger partial charge in [-0.1, -0.05) is 29.4 Å². The monoisotopic (exact) mass is 318 g/mol. The molecule has 0 amide bonds. The lowest BCUT2D eigenvalue weighted by atomic mass is 10.1. The van der Waals surface area contributed by atoms with Gasteiger partial charge in [-0.3, -0.25) is 19.1 Å². The zero-order valence-electron chi connectivity index (χ0n) is 13.0. The molecule has 0 aliphatic carbocycles. The molecule has 6 nitrogen and oxygen atoms in total. The van der Waals surface area contributed by atoms with Gasteiger partial charge in [-0.05, 0) is 36.8 Å². The van der Waals surface area contributed by atoms with Gasteiger partial charge < -0.3 is 0 Å². The molecular weight excluding hydrogens is 304 g/mol. The number of benzene rings is 1. The van der Waals surface area contributed by atoms with E-state index in [1.807, 2.05) is 49.4 Å². The summed E-state index contributed by atoms with van der Waals surface area (Å²) in [5.74, 6) is -0.0895. The Kier molecular flexibility index (Phi) is 3.42. The summed E-state index contributed by atoms with van der Waals surface area (Å²) in [7, 11) is 0. The fourth-order valence-corrected chi connectivity index (χ4v) is 2.78. The van der Waals surface area contributed by atoms with Gasteiger partial charge in [0.15, 0.2) is 0 Å². The Morgan fingerprint density at radius 3 is 2.79 bits per heavy atom. The number of pyridine rings is 2. The van der Waals surface area contributed by atoms with Gasteiger partial charge in [0, 0.05) is 17.3 Å². The number of para-hydroxylation sites is 1. The van der Waals surface area contributed by atoms with E-state index in [0.717, 1.165) is 22.2 Å². The molecule has 4 rings (SSSR count). The van der Waals surface area contributed by atoms with Crippen molar-refractivity contribution in [3.05, 3.63) is 76.5 Å². The summed E-state index contributed by atoms with van der Waals surface area (Å²) in [6.07, 6.45) is 1.66. The van der Waals surface area contributed by atoms with Crippen LogP contribution in [0.15, 0.2) is 64.0 Å². The van der Waals surface area contributed by atoms with Gasteiger partial charge in [-0.15, -0.1) is 0 Å². The normalized spacial score (nSPS) is 11.0. The third kappa shape index (κ3) is 2.48. The number of hydrogen-bond donors (Lipinski definition) is 0. The van der Waals surface area contributed by atoms with E-state index >= 15 is 0 Å². The number of nitrogens with zero attached hydrogens (tertiary/aromatic N) is 4. The van der Waals surface area contributed by atoms with Crippen molar-refractivity contribution in [2.24, 2.45) is 0 Å². The first-order chi connectivity index (χ1) is 11.7. The maximum absolute atomic E-state index is 12.1. The van der Waals surface area contributed by atoms with Crippen LogP contribution < -0.4 is 5.76 Å². The number of aryl methyl sites for hydroxylation is 1. The highest BCUT2D eigenvalue weighted by Gasteiger charge is 2.15. The number of aromatic nitrogens is 4. The first-order valence-electron chi connectivity index (χ1n) is 7.55. The van der Waals surface area contributed by atoms with Crippen molar-refractivity contribution in [1.82, 2.24) is 19.7 Å². The highest BCUT2D eigenvalue weighted by molar-refractivity contribution is 5.82. The molecule has 3 aromatic heterocycles. The van der Waals surface area contributed by atoms with E-state index in [1.54, 1.807) is 12.3 Å². The Morgan fingerprint density at radius 2 is 1.96 bits per heavy atom. The Labute approximate surface area is 137 Å². The maximum Gasteiger partial charge on any atom is 0.442 e. The van der Waals surface area contributed by atoms with E-state index in [0.29, 0.717) is 18.1 Å². The topological polar surface area (TPSA) is 73.8 Å². The fraction of sp³-hybridized carbons (Fsp3) is 0.111. The van der Waals surface area contributed by atoms with E-state index in [9.17, 15) is 4.79 Å². The molecule has 0 aliphatic heterocycles. The molecule has 0 spiro atoms. The molecule has 6 heteroatoms. The van der Waals surface area contributed by atoms with Gasteiger partial charge in [-0.2, -0.15) is 0 Å². The second-order valence-corrected chi connectivity index (χ2v) is 5.51. The molecule has 0 atom stereocenters. The van der Waals surface area contributed by atoms with Crippen molar-refractivity contribution in [2.75, 3.05) is 0 Å². The molecule has 0 radical (unpaired) electrons. The van der Waals surface area contributed by atoms with Gasteiger partial charge in [-0.25, -0.2) is 4.79 Å². The van der Waals surface area contributed by atoms with Gasteiger partial charge in [0.05, 0.1) is 12.1 Å². The lowest BCUT2D eigenvalue weighted by molar-refractivity contribution is 0.378. The van der Waals surface area contributed by atoms with Gasteiger partial charge in [0.1, 0.15) is 5.69 Å². The average Bonchev–Trinajstić information content (AvgIpc) is 2.96. The van der Waals surface area contributed by atoms with Crippen molar-refractivity contribution >= 4 is 10.9 Å². The summed E-state index contributed by atoms with van der Waals surface area (Å²) in [5.41, 5.74) is 3.38. The Balaban J connectivity index is 1.86. The van der Waals surface area contributed by atoms with Crippen molar-refractivity contribution < 1.29 is 4.52 Å². The van der Waals surface area contributed by atoms with Crippen molar-refractivity contribution in [3.63, 3.8) is 0 Å². The summed E-state index contributed by atoms with van der Waals surface area (Å²) in [6.45, 7) is 2.28. The maximum atomic E-state index is 12.1. The summed E-state index contributed by atoms with van der Waals surface area (Å²) < 4.78 is 6.36. The van der Waals surface area contributed by atoms with Crippen molar-refractivity contribution in [3.8, 4) is 11.5 Å². The van der Waals surface area contributed by atoms with Crippen molar-refractivity contribution in [1.29, 1.82) is 0 Å². The predicted octanol–water partition coefficient (Wildman–Crippen LogP) is 2.80. The van der Waals surface area contributed by atoms with Gasteiger partial charge in [0.25, 0.3) is 0 Å². The average molecular weight is 318 g/mol. The summed E-state index contributed by atoms with van der Waals surface area (Å²) in [6, 6.07) is 15.3. The Morgan fingerprint density at radius 1 is 1.12 bits per heavy atom. The van der Waals surface area contributed by atoms with Gasteiger partial charge >= 0.3 is 5.76 Å². The van der Waals surface area contributed by atoms with E-state index in [2.05, 4.69) is 15.1 Å². The van der Waals surface area contributed by atoms with E-state index < -0.39 is 5.76 Å². The molecule has 118 valence electrons. The Bertz CT molecular complexity index is 1070. The standard InChI is InChI=1S/C18H14N4O2/c1-12-10-13(14-6-2-3-7-15(14)20-12)11-22-17(21-24-18(22)23)16-8-4-5-9-19-16/h2-10H,11H2,1H3. The molecule has 24 heavy (non-hydrogen) atoms. The lowest BCUT2D eigenvalue weighted by Gasteiger charge is -2.09. The molecule has 0 bridgehead atoms. The molecule has 0 N–H and O–H groups in total. The number of hydrogen-bond acceptors (Lipinski definition) is 5. The third-order valence-electron chi connectivity index (χ3n) is 3.84. The van der Waals surface area contributed by atoms with E-state index in [-0.39, 0.29) is 0 Å². The zero-order valence-corrected chi connectivity index (χ0v) is 13.0. The van der Waals surface area contributed by atoms with Gasteiger partial charge in [0.2, 0.25) is 5.82 Å². The third-order valence-corrected chi connectivity index (χ3v) is 3.84. The fourth-order valence-electron chi connectivity index (χ4n) is 2.78. The first kappa shape index (κ1) is 14.3.